The minimum Gasteiger partial charge on any atom is -0.486 e. The number of benzene rings is 1. The quantitative estimate of drug-likeness (QED) is 0.859. The average Bonchev–Trinajstić information content (AvgIpc) is 2.85. The Morgan fingerprint density at radius 3 is 2.76 bits per heavy atom. The smallest absolute Gasteiger partial charge is 0.234 e. The van der Waals surface area contributed by atoms with Crippen LogP contribution in [0.15, 0.2) is 24.3 Å². The fourth-order valence-electron chi connectivity index (χ4n) is 3.09. The van der Waals surface area contributed by atoms with Gasteiger partial charge in [-0.3, -0.25) is 14.5 Å². The second-order valence-electron chi connectivity index (χ2n) is 6.44. The van der Waals surface area contributed by atoms with Gasteiger partial charge in [-0.05, 0) is 18.6 Å². The lowest BCUT2D eigenvalue weighted by molar-refractivity contribution is -0.128. The molecule has 0 radical (unpaired) electrons. The highest BCUT2D eigenvalue weighted by molar-refractivity contribution is 5.78. The van der Waals surface area contributed by atoms with Crippen LogP contribution in [0.25, 0.3) is 0 Å². The number of amides is 2. The predicted molar refractivity (Wildman–Crippen MR) is 92.7 cm³/mol. The zero-order chi connectivity index (χ0) is 17.6. The molecule has 7 nitrogen and oxygen atoms in total. The molecule has 1 N–H and O–H groups in total. The van der Waals surface area contributed by atoms with Crippen molar-refractivity contribution in [2.24, 2.45) is 0 Å². The van der Waals surface area contributed by atoms with E-state index < -0.39 is 0 Å². The number of hydrogen-bond acceptors (Lipinski definition) is 5. The van der Waals surface area contributed by atoms with E-state index in [0.717, 1.165) is 31.8 Å². The van der Waals surface area contributed by atoms with E-state index in [1.54, 1.807) is 6.92 Å². The lowest BCUT2D eigenvalue weighted by atomic mass is 10.2. The molecule has 2 aliphatic heterocycles. The first kappa shape index (κ1) is 17.5. The summed E-state index contributed by atoms with van der Waals surface area (Å²) in [6, 6.07) is 7.53. The fraction of sp³-hybridized carbons (Fsp3) is 0.556. The second-order valence-corrected chi connectivity index (χ2v) is 6.44. The van der Waals surface area contributed by atoms with Crippen molar-refractivity contribution in [2.45, 2.75) is 19.4 Å². The van der Waals surface area contributed by atoms with Crippen molar-refractivity contribution in [3.8, 4) is 11.5 Å². The normalized spacial score (nSPS) is 20.7. The molecule has 0 unspecified atom stereocenters. The van der Waals surface area contributed by atoms with Crippen molar-refractivity contribution in [3.05, 3.63) is 24.3 Å². The van der Waals surface area contributed by atoms with E-state index in [4.69, 9.17) is 9.47 Å². The van der Waals surface area contributed by atoms with Gasteiger partial charge in [-0.1, -0.05) is 12.1 Å². The number of hydrogen-bond donors (Lipinski definition) is 1. The van der Waals surface area contributed by atoms with Gasteiger partial charge in [0.2, 0.25) is 11.8 Å². The maximum Gasteiger partial charge on any atom is 0.234 e. The molecule has 0 aromatic heterocycles. The summed E-state index contributed by atoms with van der Waals surface area (Å²) in [6.07, 6.45) is 0.708. The zero-order valence-corrected chi connectivity index (χ0v) is 14.6. The third kappa shape index (κ3) is 4.85. The first-order chi connectivity index (χ1) is 12.1. The third-order valence-electron chi connectivity index (χ3n) is 4.50. The Balaban J connectivity index is 1.41. The Kier molecular flexibility index (Phi) is 5.75. The number of para-hydroxylation sites is 2. The van der Waals surface area contributed by atoms with Gasteiger partial charge in [0.05, 0.1) is 13.1 Å². The van der Waals surface area contributed by atoms with Crippen molar-refractivity contribution < 1.29 is 19.1 Å². The number of fused-ring (bicyclic) bond motifs is 1. The summed E-state index contributed by atoms with van der Waals surface area (Å²) in [6.45, 7) is 5.77. The summed E-state index contributed by atoms with van der Waals surface area (Å²) in [5.41, 5.74) is 0. The molecule has 2 amide bonds. The van der Waals surface area contributed by atoms with Crippen LogP contribution in [0, 0.1) is 0 Å². The fourth-order valence-corrected chi connectivity index (χ4v) is 3.09. The standard InChI is InChI=1S/C18H25N3O4/c1-14(22)21-8-4-7-20(9-10-21)12-18(23)19-11-15-13-24-16-5-2-3-6-17(16)25-15/h2-3,5-6,15H,4,7-13H2,1H3,(H,19,23)/t15-/m0/s1. The van der Waals surface area contributed by atoms with Crippen molar-refractivity contribution in [2.75, 3.05) is 45.9 Å². The Bertz CT molecular complexity index is 622. The van der Waals surface area contributed by atoms with E-state index in [2.05, 4.69) is 10.2 Å². The molecule has 2 aliphatic rings. The van der Waals surface area contributed by atoms with E-state index >= 15 is 0 Å². The molecule has 136 valence electrons. The van der Waals surface area contributed by atoms with Crippen LogP contribution in [0.4, 0.5) is 0 Å². The molecule has 25 heavy (non-hydrogen) atoms. The van der Waals surface area contributed by atoms with Crippen molar-refractivity contribution in [1.82, 2.24) is 15.1 Å². The van der Waals surface area contributed by atoms with Crippen LogP contribution >= 0.6 is 0 Å². The Hall–Kier alpha value is -2.28. The molecule has 3 rings (SSSR count). The largest absolute Gasteiger partial charge is 0.486 e. The third-order valence-corrected chi connectivity index (χ3v) is 4.50. The average molecular weight is 347 g/mol. The number of ether oxygens (including phenoxy) is 2. The first-order valence-corrected chi connectivity index (χ1v) is 8.75. The number of carbonyl (C=O) groups excluding carboxylic acids is 2. The summed E-state index contributed by atoms with van der Waals surface area (Å²) in [5, 5.41) is 2.92. The van der Waals surface area contributed by atoms with Gasteiger partial charge in [0.25, 0.3) is 0 Å². The molecular formula is C18H25N3O4. The molecule has 1 aromatic carbocycles. The van der Waals surface area contributed by atoms with E-state index in [1.807, 2.05) is 29.2 Å². The molecule has 1 fully saturated rings. The van der Waals surface area contributed by atoms with Crippen LogP contribution in [0.5, 0.6) is 11.5 Å². The van der Waals surface area contributed by atoms with Gasteiger partial charge in [0, 0.05) is 33.1 Å². The molecule has 7 heteroatoms. The van der Waals surface area contributed by atoms with Gasteiger partial charge >= 0.3 is 0 Å². The minimum atomic E-state index is -0.184. The van der Waals surface area contributed by atoms with Crippen LogP contribution < -0.4 is 14.8 Å². The maximum atomic E-state index is 12.2. The minimum absolute atomic E-state index is 0.0290. The van der Waals surface area contributed by atoms with Crippen molar-refractivity contribution in [1.29, 1.82) is 0 Å². The van der Waals surface area contributed by atoms with E-state index in [9.17, 15) is 9.59 Å². The van der Waals surface area contributed by atoms with Crippen molar-refractivity contribution >= 4 is 11.8 Å². The molecular weight excluding hydrogens is 322 g/mol. The lowest BCUT2D eigenvalue weighted by Crippen LogP contribution is -2.45. The highest BCUT2D eigenvalue weighted by atomic mass is 16.6. The molecule has 0 aliphatic carbocycles. The second kappa shape index (κ2) is 8.20. The molecule has 0 bridgehead atoms. The predicted octanol–water partition coefficient (Wildman–Crippen LogP) is 0.497. The summed E-state index contributed by atoms with van der Waals surface area (Å²) in [7, 11) is 0. The molecule has 1 saturated heterocycles. The Morgan fingerprint density at radius 2 is 1.96 bits per heavy atom. The lowest BCUT2D eigenvalue weighted by Gasteiger charge is -2.27. The van der Waals surface area contributed by atoms with Crippen LogP contribution in [0.3, 0.4) is 0 Å². The SMILES string of the molecule is CC(=O)N1CCCN(CC(=O)NC[C@H]2COc3ccccc3O2)CC1. The highest BCUT2D eigenvalue weighted by Crippen LogP contribution is 2.30. The molecule has 1 aromatic rings. The maximum absolute atomic E-state index is 12.2. The van der Waals surface area contributed by atoms with E-state index in [0.29, 0.717) is 32.0 Å². The Labute approximate surface area is 147 Å². The van der Waals surface area contributed by atoms with Gasteiger partial charge in [0.1, 0.15) is 12.7 Å². The molecule has 0 spiro atoms. The molecule has 1 atom stereocenters. The number of rotatable bonds is 4. The van der Waals surface area contributed by atoms with Crippen LogP contribution in [0.2, 0.25) is 0 Å². The first-order valence-electron chi connectivity index (χ1n) is 8.75. The van der Waals surface area contributed by atoms with E-state index in [-0.39, 0.29) is 17.9 Å². The monoisotopic (exact) mass is 347 g/mol. The van der Waals surface area contributed by atoms with Crippen molar-refractivity contribution in [3.63, 3.8) is 0 Å². The van der Waals surface area contributed by atoms with Crippen LogP contribution in [-0.2, 0) is 9.59 Å². The Morgan fingerprint density at radius 1 is 1.16 bits per heavy atom. The highest BCUT2D eigenvalue weighted by Gasteiger charge is 2.22. The summed E-state index contributed by atoms with van der Waals surface area (Å²) in [5.74, 6) is 1.52. The molecule has 2 heterocycles. The van der Waals surface area contributed by atoms with Gasteiger partial charge < -0.3 is 19.7 Å². The van der Waals surface area contributed by atoms with Gasteiger partial charge in [-0.2, -0.15) is 0 Å². The van der Waals surface area contributed by atoms with Crippen LogP contribution in [-0.4, -0.2) is 73.6 Å². The van der Waals surface area contributed by atoms with Gasteiger partial charge in [-0.25, -0.2) is 0 Å². The van der Waals surface area contributed by atoms with Crippen LogP contribution in [0.1, 0.15) is 13.3 Å². The van der Waals surface area contributed by atoms with Gasteiger partial charge in [0.15, 0.2) is 11.5 Å². The number of nitrogens with one attached hydrogen (secondary N) is 1. The molecule has 0 saturated carbocycles. The summed E-state index contributed by atoms with van der Waals surface area (Å²) >= 11 is 0. The number of carbonyl (C=O) groups is 2. The summed E-state index contributed by atoms with van der Waals surface area (Å²) in [4.78, 5) is 27.6. The van der Waals surface area contributed by atoms with Gasteiger partial charge in [-0.15, -0.1) is 0 Å². The zero-order valence-electron chi connectivity index (χ0n) is 14.6. The number of nitrogens with zero attached hydrogens (tertiary/aromatic N) is 2. The summed E-state index contributed by atoms with van der Waals surface area (Å²) < 4.78 is 11.5. The van der Waals surface area contributed by atoms with E-state index in [1.165, 1.54) is 0 Å². The topological polar surface area (TPSA) is 71.1 Å².